The summed E-state index contributed by atoms with van der Waals surface area (Å²) in [5.74, 6) is 1.10. The molecule has 0 aliphatic rings. The second kappa shape index (κ2) is 37.8. The predicted octanol–water partition coefficient (Wildman–Crippen LogP) is 16.8. The molecule has 0 amide bonds. The summed E-state index contributed by atoms with van der Waals surface area (Å²) in [4.78, 5) is 10.4. The van der Waals surface area contributed by atoms with Gasteiger partial charge in [-0.1, -0.05) is 240 Å². The molecule has 0 saturated heterocycles. The van der Waals surface area contributed by atoms with E-state index < -0.39 is 0 Å². The fourth-order valence-electron chi connectivity index (χ4n) is 7.91. The van der Waals surface area contributed by atoms with Gasteiger partial charge >= 0.3 is 0 Å². The van der Waals surface area contributed by atoms with E-state index in [9.17, 15) is 0 Å². The molecule has 50 heavy (non-hydrogen) atoms. The van der Waals surface area contributed by atoms with Crippen molar-refractivity contribution in [3.63, 3.8) is 0 Å². The summed E-state index contributed by atoms with van der Waals surface area (Å²) in [7, 11) is 0. The lowest BCUT2D eigenvalue weighted by atomic mass is 9.96. The van der Waals surface area contributed by atoms with Crippen molar-refractivity contribution in [2.24, 2.45) is 0 Å². The van der Waals surface area contributed by atoms with Crippen molar-refractivity contribution in [2.45, 2.75) is 285 Å². The summed E-state index contributed by atoms with van der Waals surface area (Å²) in [6.45, 7) is 9.19. The molecule has 0 aliphatic heterocycles. The van der Waals surface area contributed by atoms with E-state index in [2.05, 4.69) is 27.7 Å². The zero-order chi connectivity index (χ0) is 36.0. The molecular formula is C48H92N2. The van der Waals surface area contributed by atoms with Gasteiger partial charge in [0.05, 0.1) is 0 Å². The Hall–Kier alpha value is -0.920. The zero-order valence-corrected chi connectivity index (χ0v) is 35.2. The zero-order valence-electron chi connectivity index (χ0n) is 35.2. The molecule has 0 spiro atoms. The van der Waals surface area contributed by atoms with Crippen molar-refractivity contribution in [1.82, 2.24) is 9.97 Å². The Bertz CT molecular complexity index is 767. The van der Waals surface area contributed by atoms with Crippen LogP contribution in [0.5, 0.6) is 0 Å². The summed E-state index contributed by atoms with van der Waals surface area (Å²) in [6.07, 6.45) is 55.5. The van der Waals surface area contributed by atoms with Crippen LogP contribution in [-0.4, -0.2) is 9.97 Å². The van der Waals surface area contributed by atoms with E-state index in [0.717, 1.165) is 12.2 Å². The molecule has 0 bridgehead atoms. The molecule has 0 N–H and O–H groups in total. The van der Waals surface area contributed by atoms with Gasteiger partial charge in [-0.3, -0.25) is 0 Å². The maximum absolute atomic E-state index is 5.21. The Morgan fingerprint density at radius 2 is 0.480 bits per heavy atom. The standard InChI is InChI=1S/C48H92N2/c1-5-9-12-15-18-21-24-27-30-33-36-39-42-45-46(43-40-37-34-31-28-25-22-19-16-13-10-6-2)49-48(8-4)50-47(45)44-41-38-35-32-29-26-23-20-17-14-11-7-3/h5-44H2,1-4H3. The highest BCUT2D eigenvalue weighted by Gasteiger charge is 2.14. The summed E-state index contributed by atoms with van der Waals surface area (Å²) in [5, 5.41) is 0. The monoisotopic (exact) mass is 697 g/mol. The van der Waals surface area contributed by atoms with Crippen LogP contribution in [0, 0.1) is 0 Å². The molecule has 0 saturated carbocycles. The summed E-state index contributed by atoms with van der Waals surface area (Å²) >= 11 is 0. The third kappa shape index (κ3) is 28.6. The number of hydrogen-bond donors (Lipinski definition) is 0. The molecule has 0 aromatic carbocycles. The maximum Gasteiger partial charge on any atom is 0.128 e. The average molecular weight is 697 g/mol. The minimum absolute atomic E-state index is 0.968. The molecule has 0 aliphatic carbocycles. The van der Waals surface area contributed by atoms with E-state index >= 15 is 0 Å². The van der Waals surface area contributed by atoms with Crippen LogP contribution >= 0.6 is 0 Å². The highest BCUT2D eigenvalue weighted by Crippen LogP contribution is 2.23. The van der Waals surface area contributed by atoms with Crippen LogP contribution in [0.25, 0.3) is 0 Å². The molecule has 0 fully saturated rings. The van der Waals surface area contributed by atoms with Crippen molar-refractivity contribution in [3.8, 4) is 0 Å². The van der Waals surface area contributed by atoms with Crippen LogP contribution in [-0.2, 0) is 25.7 Å². The highest BCUT2D eigenvalue weighted by atomic mass is 14.9. The normalized spacial score (nSPS) is 11.6. The first-order valence-corrected chi connectivity index (χ1v) is 23.6. The van der Waals surface area contributed by atoms with Gasteiger partial charge in [0.15, 0.2) is 0 Å². The number of rotatable bonds is 40. The molecule has 2 nitrogen and oxygen atoms in total. The summed E-state index contributed by atoms with van der Waals surface area (Å²) in [6, 6.07) is 0. The van der Waals surface area contributed by atoms with Crippen LogP contribution in [0.3, 0.4) is 0 Å². The molecule has 2 heteroatoms. The first-order chi connectivity index (χ1) is 24.8. The van der Waals surface area contributed by atoms with Crippen molar-refractivity contribution in [2.75, 3.05) is 0 Å². The maximum atomic E-state index is 5.21. The minimum atomic E-state index is 0.968. The van der Waals surface area contributed by atoms with E-state index in [1.807, 2.05) is 0 Å². The fraction of sp³-hybridized carbons (Fsp3) is 0.917. The van der Waals surface area contributed by atoms with Crippen LogP contribution in [0.15, 0.2) is 0 Å². The molecule has 1 rings (SSSR count). The summed E-state index contributed by atoms with van der Waals surface area (Å²) in [5.41, 5.74) is 4.43. The van der Waals surface area contributed by atoms with Crippen molar-refractivity contribution in [1.29, 1.82) is 0 Å². The number of nitrogens with zero attached hydrogens (tertiary/aromatic N) is 2. The topological polar surface area (TPSA) is 25.8 Å². The van der Waals surface area contributed by atoms with Crippen LogP contribution in [0.4, 0.5) is 0 Å². The van der Waals surface area contributed by atoms with E-state index in [1.54, 1.807) is 5.56 Å². The lowest BCUT2D eigenvalue weighted by Crippen LogP contribution is -2.11. The summed E-state index contributed by atoms with van der Waals surface area (Å²) < 4.78 is 0. The van der Waals surface area contributed by atoms with Gasteiger partial charge in [0.25, 0.3) is 0 Å². The SMILES string of the molecule is CCCCCCCCCCCCCCc1nc(CC)nc(CCCCCCCCCCCCCC)c1CCCCCCCCCCCCCC. The third-order valence-corrected chi connectivity index (χ3v) is 11.4. The Kier molecular flexibility index (Phi) is 35.6. The van der Waals surface area contributed by atoms with Crippen molar-refractivity contribution >= 4 is 0 Å². The number of unbranched alkanes of at least 4 members (excludes halogenated alkanes) is 33. The lowest BCUT2D eigenvalue weighted by molar-refractivity contribution is 0.538. The first kappa shape index (κ1) is 47.1. The van der Waals surface area contributed by atoms with Crippen molar-refractivity contribution < 1.29 is 0 Å². The Morgan fingerprint density at radius 1 is 0.260 bits per heavy atom. The molecule has 294 valence electrons. The van der Waals surface area contributed by atoms with Gasteiger partial charge in [0.1, 0.15) is 5.82 Å². The van der Waals surface area contributed by atoms with Crippen LogP contribution in [0.1, 0.15) is 282 Å². The van der Waals surface area contributed by atoms with Crippen LogP contribution in [0.2, 0.25) is 0 Å². The molecule has 1 aromatic heterocycles. The number of aryl methyl sites for hydroxylation is 3. The smallest absolute Gasteiger partial charge is 0.128 e. The van der Waals surface area contributed by atoms with Gasteiger partial charge in [-0.05, 0) is 44.1 Å². The molecule has 1 heterocycles. The average Bonchev–Trinajstić information content (AvgIpc) is 3.13. The molecule has 0 radical (unpaired) electrons. The Labute approximate surface area is 316 Å². The first-order valence-electron chi connectivity index (χ1n) is 23.6. The van der Waals surface area contributed by atoms with Gasteiger partial charge in [-0.2, -0.15) is 0 Å². The minimum Gasteiger partial charge on any atom is -0.238 e. The molecular weight excluding hydrogens is 605 g/mol. The van der Waals surface area contributed by atoms with Gasteiger partial charge < -0.3 is 0 Å². The third-order valence-electron chi connectivity index (χ3n) is 11.4. The highest BCUT2D eigenvalue weighted by molar-refractivity contribution is 5.27. The predicted molar refractivity (Wildman–Crippen MR) is 226 cm³/mol. The van der Waals surface area contributed by atoms with E-state index in [4.69, 9.17) is 9.97 Å². The molecule has 0 unspecified atom stereocenters. The lowest BCUT2D eigenvalue weighted by Gasteiger charge is -2.16. The fourth-order valence-corrected chi connectivity index (χ4v) is 7.91. The quantitative estimate of drug-likeness (QED) is 0.0638. The Morgan fingerprint density at radius 3 is 0.720 bits per heavy atom. The van der Waals surface area contributed by atoms with Gasteiger partial charge in [0.2, 0.25) is 0 Å². The van der Waals surface area contributed by atoms with Crippen molar-refractivity contribution in [3.05, 3.63) is 22.8 Å². The van der Waals surface area contributed by atoms with Gasteiger partial charge in [0, 0.05) is 17.8 Å². The second-order valence-electron chi connectivity index (χ2n) is 16.3. The van der Waals surface area contributed by atoms with E-state index in [1.165, 1.54) is 262 Å². The molecule has 0 atom stereocenters. The van der Waals surface area contributed by atoms with Gasteiger partial charge in [-0.25, -0.2) is 9.97 Å². The number of aromatic nitrogens is 2. The largest absolute Gasteiger partial charge is 0.238 e. The van der Waals surface area contributed by atoms with Gasteiger partial charge in [-0.15, -0.1) is 0 Å². The van der Waals surface area contributed by atoms with E-state index in [0.29, 0.717) is 0 Å². The molecule has 1 aromatic rings. The van der Waals surface area contributed by atoms with Crippen LogP contribution < -0.4 is 0 Å². The Balaban J connectivity index is 2.51. The second-order valence-corrected chi connectivity index (χ2v) is 16.3. The number of hydrogen-bond acceptors (Lipinski definition) is 2. The van der Waals surface area contributed by atoms with E-state index in [-0.39, 0.29) is 0 Å².